The Bertz CT molecular complexity index is 658. The SMILES string of the molecule is CNC(=O)C1CC(=O)N(C2CN(c3ccncc3C(F)(F)F)C2)C1. The molecule has 2 aliphatic heterocycles. The van der Waals surface area contributed by atoms with E-state index in [9.17, 15) is 22.8 Å². The van der Waals surface area contributed by atoms with Crippen molar-refractivity contribution in [1.82, 2.24) is 15.2 Å². The molecule has 2 saturated heterocycles. The van der Waals surface area contributed by atoms with Crippen molar-refractivity contribution in [3.63, 3.8) is 0 Å². The van der Waals surface area contributed by atoms with E-state index in [0.717, 1.165) is 6.20 Å². The zero-order valence-electron chi connectivity index (χ0n) is 13.0. The molecule has 1 N–H and O–H groups in total. The minimum atomic E-state index is -4.47. The number of hydrogen-bond donors (Lipinski definition) is 1. The average Bonchev–Trinajstić information content (AvgIpc) is 2.86. The molecule has 2 amide bonds. The number of amides is 2. The van der Waals surface area contributed by atoms with Crippen LogP contribution >= 0.6 is 0 Å². The summed E-state index contributed by atoms with van der Waals surface area (Å²) in [5, 5.41) is 2.52. The lowest BCUT2D eigenvalue weighted by molar-refractivity contribution is -0.137. The number of aromatic nitrogens is 1. The maximum atomic E-state index is 13.0. The fraction of sp³-hybridized carbons (Fsp3) is 0.533. The van der Waals surface area contributed by atoms with Crippen LogP contribution in [0.25, 0.3) is 0 Å². The number of hydrogen-bond acceptors (Lipinski definition) is 4. The van der Waals surface area contributed by atoms with E-state index in [1.807, 2.05) is 0 Å². The molecule has 1 aromatic heterocycles. The van der Waals surface area contributed by atoms with Crippen molar-refractivity contribution in [2.75, 3.05) is 31.6 Å². The maximum Gasteiger partial charge on any atom is 0.419 e. The van der Waals surface area contributed by atoms with Crippen LogP contribution in [0.2, 0.25) is 0 Å². The molecule has 0 spiro atoms. The molecule has 3 rings (SSSR count). The number of likely N-dealkylation sites (tertiary alicyclic amines) is 1. The minimum Gasteiger partial charge on any atom is -0.367 e. The third-order valence-corrected chi connectivity index (χ3v) is 4.52. The van der Waals surface area contributed by atoms with Gasteiger partial charge in [0.15, 0.2) is 0 Å². The highest BCUT2D eigenvalue weighted by atomic mass is 19.4. The Kier molecular flexibility index (Phi) is 4.10. The number of alkyl halides is 3. The normalized spacial score (nSPS) is 21.8. The Morgan fingerprint density at radius 1 is 1.33 bits per heavy atom. The highest BCUT2D eigenvalue weighted by Gasteiger charge is 2.44. The predicted octanol–water partition coefficient (Wildman–Crippen LogP) is 0.884. The summed E-state index contributed by atoms with van der Waals surface area (Å²) in [4.78, 5) is 30.4. The van der Waals surface area contributed by atoms with E-state index in [1.165, 1.54) is 19.3 Å². The number of nitrogens with one attached hydrogen (secondary N) is 1. The number of halogens is 3. The third-order valence-electron chi connectivity index (χ3n) is 4.52. The van der Waals surface area contributed by atoms with Gasteiger partial charge < -0.3 is 15.1 Å². The lowest BCUT2D eigenvalue weighted by Crippen LogP contribution is -2.60. The smallest absolute Gasteiger partial charge is 0.367 e. The lowest BCUT2D eigenvalue weighted by Gasteiger charge is -2.46. The first-order valence-corrected chi connectivity index (χ1v) is 7.58. The molecule has 0 aromatic carbocycles. The summed E-state index contributed by atoms with van der Waals surface area (Å²) < 4.78 is 39.1. The van der Waals surface area contributed by atoms with Crippen LogP contribution in [0.1, 0.15) is 12.0 Å². The number of carbonyl (C=O) groups excluding carboxylic acids is 2. The predicted molar refractivity (Wildman–Crippen MR) is 79.1 cm³/mol. The summed E-state index contributed by atoms with van der Waals surface area (Å²) >= 11 is 0. The lowest BCUT2D eigenvalue weighted by atomic mass is 10.0. The van der Waals surface area contributed by atoms with Gasteiger partial charge in [0, 0.05) is 45.5 Å². The number of carbonyl (C=O) groups is 2. The van der Waals surface area contributed by atoms with E-state index in [2.05, 4.69) is 10.3 Å². The largest absolute Gasteiger partial charge is 0.419 e. The second kappa shape index (κ2) is 5.95. The minimum absolute atomic E-state index is 0.0725. The van der Waals surface area contributed by atoms with Crippen LogP contribution in [0.4, 0.5) is 18.9 Å². The maximum absolute atomic E-state index is 13.0. The van der Waals surface area contributed by atoms with Gasteiger partial charge >= 0.3 is 6.18 Å². The zero-order chi connectivity index (χ0) is 17.5. The standard InChI is InChI=1S/C15H17F3N4O2/c1-19-14(24)9-4-13(23)22(6-9)10-7-21(8-10)12-2-3-20-5-11(12)15(16,17)18/h2-3,5,9-10H,4,6-8H2,1H3,(H,19,24). The van der Waals surface area contributed by atoms with Crippen molar-refractivity contribution in [3.8, 4) is 0 Å². The summed E-state index contributed by atoms with van der Waals surface area (Å²) in [6, 6.07) is 1.17. The number of rotatable bonds is 3. The fourth-order valence-corrected chi connectivity index (χ4v) is 3.19. The van der Waals surface area contributed by atoms with Gasteiger partial charge in [-0.1, -0.05) is 0 Å². The summed E-state index contributed by atoms with van der Waals surface area (Å²) in [5.41, 5.74) is -0.706. The second-order valence-corrected chi connectivity index (χ2v) is 6.01. The first kappa shape index (κ1) is 16.5. The van der Waals surface area contributed by atoms with Gasteiger partial charge in [0.1, 0.15) is 0 Å². The molecule has 9 heteroatoms. The van der Waals surface area contributed by atoms with Crippen LogP contribution in [0.5, 0.6) is 0 Å². The van der Waals surface area contributed by atoms with Gasteiger partial charge in [0.2, 0.25) is 11.8 Å². The number of nitrogens with zero attached hydrogens (tertiary/aromatic N) is 3. The fourth-order valence-electron chi connectivity index (χ4n) is 3.19. The van der Waals surface area contributed by atoms with Gasteiger partial charge in [-0.2, -0.15) is 13.2 Å². The van der Waals surface area contributed by atoms with Crippen LogP contribution in [-0.4, -0.2) is 54.4 Å². The van der Waals surface area contributed by atoms with E-state index in [0.29, 0.717) is 19.6 Å². The molecule has 130 valence electrons. The third kappa shape index (κ3) is 2.90. The second-order valence-electron chi connectivity index (χ2n) is 6.01. The first-order valence-electron chi connectivity index (χ1n) is 7.58. The van der Waals surface area contributed by atoms with Crippen molar-refractivity contribution in [1.29, 1.82) is 0 Å². The molecule has 24 heavy (non-hydrogen) atoms. The molecule has 1 aromatic rings. The van der Waals surface area contributed by atoms with Crippen LogP contribution in [-0.2, 0) is 15.8 Å². The summed E-state index contributed by atoms with van der Waals surface area (Å²) in [5.74, 6) is -0.697. The van der Waals surface area contributed by atoms with Gasteiger partial charge in [0.05, 0.1) is 23.2 Å². The number of anilines is 1. The van der Waals surface area contributed by atoms with E-state index < -0.39 is 11.7 Å². The molecule has 0 aliphatic carbocycles. The Labute approximate surface area is 136 Å². The highest BCUT2D eigenvalue weighted by molar-refractivity contribution is 5.89. The molecule has 6 nitrogen and oxygen atoms in total. The molecule has 2 fully saturated rings. The highest BCUT2D eigenvalue weighted by Crippen LogP contribution is 2.38. The van der Waals surface area contributed by atoms with E-state index >= 15 is 0 Å². The topological polar surface area (TPSA) is 65.5 Å². The van der Waals surface area contributed by atoms with Gasteiger partial charge in [-0.3, -0.25) is 14.6 Å². The number of pyridine rings is 1. The van der Waals surface area contributed by atoms with Crippen LogP contribution in [0.3, 0.4) is 0 Å². The molecule has 2 aliphatic rings. The Hall–Kier alpha value is -2.32. The quantitative estimate of drug-likeness (QED) is 0.886. The monoisotopic (exact) mass is 342 g/mol. The van der Waals surface area contributed by atoms with Gasteiger partial charge in [-0.05, 0) is 6.07 Å². The Balaban J connectivity index is 1.67. The zero-order valence-corrected chi connectivity index (χ0v) is 13.0. The van der Waals surface area contributed by atoms with Crippen molar-refractivity contribution in [3.05, 3.63) is 24.0 Å². The van der Waals surface area contributed by atoms with E-state index in [-0.39, 0.29) is 35.9 Å². The molecule has 1 unspecified atom stereocenters. The van der Waals surface area contributed by atoms with Crippen molar-refractivity contribution in [2.45, 2.75) is 18.6 Å². The molecule has 0 bridgehead atoms. The molecule has 3 heterocycles. The van der Waals surface area contributed by atoms with Gasteiger partial charge in [-0.25, -0.2) is 0 Å². The molecular formula is C15H17F3N4O2. The average molecular weight is 342 g/mol. The summed E-state index contributed by atoms with van der Waals surface area (Å²) in [6.07, 6.45) is -2.19. The van der Waals surface area contributed by atoms with Crippen molar-refractivity contribution >= 4 is 17.5 Å². The first-order chi connectivity index (χ1) is 11.3. The molecule has 0 radical (unpaired) electrons. The summed E-state index contributed by atoms with van der Waals surface area (Å²) in [7, 11) is 1.52. The summed E-state index contributed by atoms with van der Waals surface area (Å²) in [6.45, 7) is 0.956. The Morgan fingerprint density at radius 3 is 2.67 bits per heavy atom. The van der Waals surface area contributed by atoms with Crippen molar-refractivity contribution in [2.24, 2.45) is 5.92 Å². The Morgan fingerprint density at radius 2 is 2.04 bits per heavy atom. The van der Waals surface area contributed by atoms with Gasteiger partial charge in [-0.15, -0.1) is 0 Å². The van der Waals surface area contributed by atoms with Crippen molar-refractivity contribution < 1.29 is 22.8 Å². The molecule has 0 saturated carbocycles. The van der Waals surface area contributed by atoms with Gasteiger partial charge in [0.25, 0.3) is 0 Å². The van der Waals surface area contributed by atoms with E-state index in [4.69, 9.17) is 0 Å². The molecule has 1 atom stereocenters. The molecular weight excluding hydrogens is 325 g/mol. The van der Waals surface area contributed by atoms with Crippen LogP contribution in [0.15, 0.2) is 18.5 Å². The van der Waals surface area contributed by atoms with Crippen LogP contribution < -0.4 is 10.2 Å². The van der Waals surface area contributed by atoms with E-state index in [1.54, 1.807) is 9.80 Å². The van der Waals surface area contributed by atoms with Crippen LogP contribution in [0, 0.1) is 5.92 Å².